The summed E-state index contributed by atoms with van der Waals surface area (Å²) in [6.45, 7) is 5.79. The van der Waals surface area contributed by atoms with E-state index in [1.165, 1.54) is 18.7 Å². The average Bonchev–Trinajstić information content (AvgIpc) is 2.68. The molecule has 0 atom stereocenters. The molecule has 0 radical (unpaired) electrons. The van der Waals surface area contributed by atoms with Gasteiger partial charge in [0.2, 0.25) is 5.95 Å². The van der Waals surface area contributed by atoms with Gasteiger partial charge in [-0.15, -0.1) is 0 Å². The zero-order chi connectivity index (χ0) is 19.2. The lowest BCUT2D eigenvalue weighted by atomic mass is 10.2. The quantitative estimate of drug-likeness (QED) is 0.761. The minimum atomic E-state index is -0.0142. The summed E-state index contributed by atoms with van der Waals surface area (Å²) >= 11 is 0. The minimum Gasteiger partial charge on any atom is -0.372 e. The summed E-state index contributed by atoms with van der Waals surface area (Å²) in [7, 11) is 3.95. The van der Waals surface area contributed by atoms with Gasteiger partial charge in [-0.05, 0) is 50.4 Å². The summed E-state index contributed by atoms with van der Waals surface area (Å²) in [5.74, 6) is 1.16. The molecule has 0 aliphatic carbocycles. The van der Waals surface area contributed by atoms with Gasteiger partial charge in [-0.2, -0.15) is 4.98 Å². The Hall–Kier alpha value is -2.93. The first-order chi connectivity index (χ1) is 13.0. The molecule has 1 aliphatic heterocycles. The van der Waals surface area contributed by atoms with Gasteiger partial charge >= 0.3 is 0 Å². The molecule has 1 saturated heterocycles. The number of anilines is 4. The fourth-order valence-corrected chi connectivity index (χ4v) is 2.93. The molecule has 2 aromatic rings. The number of piperazine rings is 1. The van der Waals surface area contributed by atoms with E-state index >= 15 is 0 Å². The molecule has 0 saturated carbocycles. The average molecular weight is 366 g/mol. The van der Waals surface area contributed by atoms with Crippen LogP contribution in [0, 0.1) is 0 Å². The van der Waals surface area contributed by atoms with E-state index in [4.69, 9.17) is 0 Å². The molecule has 1 fully saturated rings. The van der Waals surface area contributed by atoms with E-state index in [0.717, 1.165) is 37.4 Å². The topological polar surface area (TPSA) is 73.4 Å². The normalized spacial score (nSPS) is 15.1. The highest BCUT2D eigenvalue weighted by Gasteiger charge is 2.14. The van der Waals surface area contributed by atoms with Crippen molar-refractivity contribution < 1.29 is 4.79 Å². The number of nitrogens with zero attached hydrogens (tertiary/aromatic N) is 4. The van der Waals surface area contributed by atoms with Gasteiger partial charge in [0.1, 0.15) is 5.82 Å². The largest absolute Gasteiger partial charge is 0.372 e. The van der Waals surface area contributed by atoms with Gasteiger partial charge in [0.25, 0.3) is 0 Å². The highest BCUT2D eigenvalue weighted by molar-refractivity contribution is 5.92. The summed E-state index contributed by atoms with van der Waals surface area (Å²) in [6.07, 6.45) is 4.91. The smallest absolute Gasteiger partial charge is 0.229 e. The molecule has 0 spiro atoms. The molecule has 0 unspecified atom stereocenters. The lowest BCUT2D eigenvalue weighted by molar-refractivity contribution is -0.112. The van der Waals surface area contributed by atoms with Crippen molar-refractivity contribution in [2.24, 2.45) is 0 Å². The van der Waals surface area contributed by atoms with E-state index in [-0.39, 0.29) is 5.78 Å². The summed E-state index contributed by atoms with van der Waals surface area (Å²) in [5.41, 5.74) is 2.93. The number of nitrogens with one attached hydrogen (secondary N) is 2. The minimum absolute atomic E-state index is 0.0142. The van der Waals surface area contributed by atoms with Gasteiger partial charge in [0, 0.05) is 56.4 Å². The Balaban J connectivity index is 1.69. The number of hydrogen-bond donors (Lipinski definition) is 2. The van der Waals surface area contributed by atoms with E-state index in [2.05, 4.69) is 49.6 Å². The Bertz CT molecular complexity index is 810. The molecule has 1 aromatic heterocycles. The Kier molecular flexibility index (Phi) is 6.03. The number of likely N-dealkylation sites (N-methyl/N-ethyl adjacent to an activating group) is 1. The van der Waals surface area contributed by atoms with Gasteiger partial charge < -0.3 is 20.4 Å². The Labute approximate surface area is 160 Å². The molecule has 3 rings (SSSR count). The molecule has 7 heteroatoms. The van der Waals surface area contributed by atoms with Crippen molar-refractivity contribution >= 4 is 35.0 Å². The second-order valence-electron chi connectivity index (χ2n) is 6.65. The third kappa shape index (κ3) is 5.04. The fraction of sp³-hybridized carbons (Fsp3) is 0.350. The molecular formula is C20H26N6O. The third-order valence-electron chi connectivity index (χ3n) is 4.54. The van der Waals surface area contributed by atoms with Crippen LogP contribution in [0.15, 0.2) is 36.5 Å². The van der Waals surface area contributed by atoms with E-state index in [1.807, 2.05) is 12.1 Å². The van der Waals surface area contributed by atoms with Crippen LogP contribution in [0.5, 0.6) is 0 Å². The van der Waals surface area contributed by atoms with E-state index < -0.39 is 0 Å². The summed E-state index contributed by atoms with van der Waals surface area (Å²) in [6, 6.07) is 8.33. The van der Waals surface area contributed by atoms with Crippen molar-refractivity contribution in [1.29, 1.82) is 0 Å². The monoisotopic (exact) mass is 366 g/mol. The van der Waals surface area contributed by atoms with Crippen molar-refractivity contribution in [1.82, 2.24) is 14.9 Å². The molecule has 1 aliphatic rings. The molecular weight excluding hydrogens is 340 g/mol. The maximum Gasteiger partial charge on any atom is 0.229 e. The highest BCUT2D eigenvalue weighted by atomic mass is 16.1. The summed E-state index contributed by atoms with van der Waals surface area (Å²) in [5, 5.41) is 6.26. The highest BCUT2D eigenvalue weighted by Crippen LogP contribution is 2.22. The predicted molar refractivity (Wildman–Crippen MR) is 111 cm³/mol. The van der Waals surface area contributed by atoms with Crippen molar-refractivity contribution in [3.63, 3.8) is 0 Å². The van der Waals surface area contributed by atoms with Crippen LogP contribution < -0.4 is 15.5 Å². The number of aromatic nitrogens is 2. The number of benzene rings is 1. The molecule has 142 valence electrons. The first-order valence-corrected chi connectivity index (χ1v) is 9.09. The molecule has 2 heterocycles. The lowest BCUT2D eigenvalue weighted by Crippen LogP contribution is -2.44. The van der Waals surface area contributed by atoms with Gasteiger partial charge in [0.05, 0.1) is 0 Å². The zero-order valence-corrected chi connectivity index (χ0v) is 16.1. The lowest BCUT2D eigenvalue weighted by Gasteiger charge is -2.34. The van der Waals surface area contributed by atoms with E-state index in [1.54, 1.807) is 19.3 Å². The SMILES string of the molecule is CNc1nc(Nc2ccc(N3CCN(C)CC3)cc2)ncc1/C=C/C(C)=O. The van der Waals surface area contributed by atoms with Gasteiger partial charge in [-0.3, -0.25) is 4.79 Å². The Morgan fingerprint density at radius 2 is 1.85 bits per heavy atom. The van der Waals surface area contributed by atoms with Crippen LogP contribution in [0.4, 0.5) is 23.1 Å². The number of carbonyl (C=O) groups excluding carboxylic acids is 1. The number of hydrogen-bond acceptors (Lipinski definition) is 7. The Morgan fingerprint density at radius 3 is 2.48 bits per heavy atom. The molecule has 7 nitrogen and oxygen atoms in total. The number of ketones is 1. The van der Waals surface area contributed by atoms with Crippen molar-refractivity contribution in [3.8, 4) is 0 Å². The summed E-state index contributed by atoms with van der Waals surface area (Å²) < 4.78 is 0. The standard InChI is InChI=1S/C20H26N6O/c1-15(27)4-5-16-14-22-20(24-19(16)21-2)23-17-6-8-18(9-7-17)26-12-10-25(3)11-13-26/h4-9,14H,10-13H2,1-3H3,(H2,21,22,23,24)/b5-4+. The van der Waals surface area contributed by atoms with Crippen LogP contribution in [-0.4, -0.2) is 60.9 Å². The first-order valence-electron chi connectivity index (χ1n) is 9.09. The second-order valence-corrected chi connectivity index (χ2v) is 6.65. The van der Waals surface area contributed by atoms with Crippen molar-refractivity contribution in [2.75, 3.05) is 55.8 Å². The van der Waals surface area contributed by atoms with Crippen LogP contribution in [-0.2, 0) is 4.79 Å². The molecule has 27 heavy (non-hydrogen) atoms. The van der Waals surface area contributed by atoms with Crippen LogP contribution >= 0.6 is 0 Å². The number of carbonyl (C=O) groups is 1. The Morgan fingerprint density at radius 1 is 1.15 bits per heavy atom. The van der Waals surface area contributed by atoms with Crippen molar-refractivity contribution in [3.05, 3.63) is 42.1 Å². The first kappa shape index (κ1) is 18.8. The predicted octanol–water partition coefficient (Wildman–Crippen LogP) is 2.62. The van der Waals surface area contributed by atoms with E-state index in [0.29, 0.717) is 11.8 Å². The maximum atomic E-state index is 11.1. The van der Waals surface area contributed by atoms with Crippen molar-refractivity contribution in [2.45, 2.75) is 6.92 Å². The van der Waals surface area contributed by atoms with Gasteiger partial charge in [-0.1, -0.05) is 0 Å². The van der Waals surface area contributed by atoms with Crippen LogP contribution in [0.3, 0.4) is 0 Å². The van der Waals surface area contributed by atoms with Crippen LogP contribution in [0.25, 0.3) is 6.08 Å². The molecule has 2 N–H and O–H groups in total. The molecule has 0 amide bonds. The number of rotatable bonds is 6. The zero-order valence-electron chi connectivity index (χ0n) is 16.1. The maximum absolute atomic E-state index is 11.1. The van der Waals surface area contributed by atoms with E-state index in [9.17, 15) is 4.79 Å². The third-order valence-corrected chi connectivity index (χ3v) is 4.54. The van der Waals surface area contributed by atoms with Crippen LogP contribution in [0.2, 0.25) is 0 Å². The summed E-state index contributed by atoms with van der Waals surface area (Å²) in [4.78, 5) is 24.7. The number of allylic oxidation sites excluding steroid dienone is 1. The molecule has 1 aromatic carbocycles. The van der Waals surface area contributed by atoms with Gasteiger partial charge in [-0.25, -0.2) is 4.98 Å². The van der Waals surface area contributed by atoms with Crippen LogP contribution in [0.1, 0.15) is 12.5 Å². The van der Waals surface area contributed by atoms with Gasteiger partial charge in [0.15, 0.2) is 5.78 Å². The molecule has 0 bridgehead atoms. The second kappa shape index (κ2) is 8.64. The fourth-order valence-electron chi connectivity index (χ4n) is 2.93.